The van der Waals surface area contributed by atoms with Gasteiger partial charge in [0.1, 0.15) is 0 Å². The molecule has 0 amide bonds. The molecule has 0 aliphatic heterocycles. The van der Waals surface area contributed by atoms with Crippen LogP contribution in [0.1, 0.15) is 37.3 Å². The maximum atomic E-state index is 10.9. The summed E-state index contributed by atoms with van der Waals surface area (Å²) < 4.78 is 0. The molecule has 1 aromatic rings. The van der Waals surface area contributed by atoms with E-state index in [-0.39, 0.29) is 0 Å². The Morgan fingerprint density at radius 3 is 2.39 bits per heavy atom. The zero-order valence-corrected chi connectivity index (χ0v) is 10.6. The van der Waals surface area contributed by atoms with Crippen LogP contribution in [0.3, 0.4) is 0 Å². The second-order valence-corrected chi connectivity index (χ2v) is 4.20. The number of rotatable bonds is 7. The lowest BCUT2D eigenvalue weighted by Crippen LogP contribution is -2.08. The van der Waals surface area contributed by atoms with Gasteiger partial charge in [0, 0.05) is 0 Å². The van der Waals surface area contributed by atoms with E-state index < -0.39 is 11.8 Å². The molecule has 0 aliphatic carbocycles. The quantitative estimate of drug-likeness (QED) is 0.457. The van der Waals surface area contributed by atoms with Crippen molar-refractivity contribution in [1.29, 1.82) is 0 Å². The molecular formula is C15H18O3. The zero-order chi connectivity index (χ0) is 13.4. The van der Waals surface area contributed by atoms with Crippen molar-refractivity contribution in [3.8, 4) is 0 Å². The molecule has 0 atom stereocenters. The molecule has 1 N–H and O–H groups in total. The van der Waals surface area contributed by atoms with E-state index in [1.807, 2.05) is 24.3 Å². The number of aryl methyl sites for hydroxylation is 1. The minimum Gasteiger partial charge on any atom is -0.475 e. The molecule has 0 saturated carbocycles. The molecule has 0 aliphatic rings. The van der Waals surface area contributed by atoms with Crippen LogP contribution in [-0.2, 0) is 16.0 Å². The zero-order valence-electron chi connectivity index (χ0n) is 10.6. The molecule has 0 aromatic heterocycles. The smallest absolute Gasteiger partial charge is 0.376 e. The van der Waals surface area contributed by atoms with Crippen LogP contribution in [0.15, 0.2) is 30.3 Å². The van der Waals surface area contributed by atoms with Crippen molar-refractivity contribution in [2.24, 2.45) is 0 Å². The number of carboxylic acid groups (broad SMARTS) is 1. The number of benzene rings is 1. The number of carbonyl (C=O) groups is 2. The average Bonchev–Trinajstić information content (AvgIpc) is 2.37. The summed E-state index contributed by atoms with van der Waals surface area (Å²) in [4.78, 5) is 21.2. The SMILES string of the molecule is CCCCCc1ccc(/C=C/C(=O)C(=O)O)cc1. The lowest BCUT2D eigenvalue weighted by atomic mass is 10.1. The normalized spacial score (nSPS) is 10.7. The van der Waals surface area contributed by atoms with Gasteiger partial charge in [-0.15, -0.1) is 0 Å². The van der Waals surface area contributed by atoms with Crippen molar-refractivity contribution in [3.63, 3.8) is 0 Å². The molecule has 1 aromatic carbocycles. The summed E-state index contributed by atoms with van der Waals surface area (Å²) in [6.07, 6.45) is 7.28. The van der Waals surface area contributed by atoms with E-state index in [1.165, 1.54) is 30.9 Å². The number of aliphatic carboxylic acids is 1. The lowest BCUT2D eigenvalue weighted by molar-refractivity contribution is -0.146. The third-order valence-corrected chi connectivity index (χ3v) is 2.69. The van der Waals surface area contributed by atoms with Crippen LogP contribution in [0.2, 0.25) is 0 Å². The van der Waals surface area contributed by atoms with Gasteiger partial charge in [0.05, 0.1) is 0 Å². The average molecular weight is 246 g/mol. The standard InChI is InChI=1S/C15H18O3/c1-2-3-4-5-12-6-8-13(9-7-12)10-11-14(16)15(17)18/h6-11H,2-5H2,1H3,(H,17,18)/b11-10+. The fourth-order valence-corrected chi connectivity index (χ4v) is 1.62. The highest BCUT2D eigenvalue weighted by atomic mass is 16.4. The van der Waals surface area contributed by atoms with Gasteiger partial charge < -0.3 is 5.11 Å². The number of hydrogen-bond acceptors (Lipinski definition) is 2. The second-order valence-electron chi connectivity index (χ2n) is 4.20. The van der Waals surface area contributed by atoms with Gasteiger partial charge in [-0.3, -0.25) is 4.79 Å². The molecule has 0 heterocycles. The van der Waals surface area contributed by atoms with Crippen molar-refractivity contribution < 1.29 is 14.7 Å². The highest BCUT2D eigenvalue weighted by Gasteiger charge is 2.05. The summed E-state index contributed by atoms with van der Waals surface area (Å²) in [5, 5.41) is 8.42. The first-order valence-corrected chi connectivity index (χ1v) is 6.17. The van der Waals surface area contributed by atoms with E-state index in [0.29, 0.717) is 0 Å². The maximum absolute atomic E-state index is 10.9. The summed E-state index contributed by atoms with van der Waals surface area (Å²) in [6.45, 7) is 2.17. The van der Waals surface area contributed by atoms with Crippen LogP contribution < -0.4 is 0 Å². The number of hydrogen-bond donors (Lipinski definition) is 1. The molecular weight excluding hydrogens is 228 g/mol. The Kier molecular flexibility index (Phi) is 5.85. The van der Waals surface area contributed by atoms with Crippen molar-refractivity contribution >= 4 is 17.8 Å². The van der Waals surface area contributed by atoms with Crippen LogP contribution in [-0.4, -0.2) is 16.9 Å². The summed E-state index contributed by atoms with van der Waals surface area (Å²) in [5.74, 6) is -2.33. The summed E-state index contributed by atoms with van der Waals surface area (Å²) >= 11 is 0. The van der Waals surface area contributed by atoms with Crippen molar-refractivity contribution in [2.75, 3.05) is 0 Å². The van der Waals surface area contributed by atoms with E-state index in [0.717, 1.165) is 18.1 Å². The summed E-state index contributed by atoms with van der Waals surface area (Å²) in [7, 11) is 0. The Balaban J connectivity index is 2.55. The van der Waals surface area contributed by atoms with Crippen molar-refractivity contribution in [3.05, 3.63) is 41.5 Å². The van der Waals surface area contributed by atoms with Gasteiger partial charge in [0.2, 0.25) is 0 Å². The van der Waals surface area contributed by atoms with Crippen LogP contribution in [0.25, 0.3) is 6.08 Å². The van der Waals surface area contributed by atoms with Crippen LogP contribution in [0.5, 0.6) is 0 Å². The molecule has 0 fully saturated rings. The highest BCUT2D eigenvalue weighted by molar-refractivity contribution is 6.38. The van der Waals surface area contributed by atoms with Gasteiger partial charge in [0.15, 0.2) is 0 Å². The first-order chi connectivity index (χ1) is 8.63. The first kappa shape index (κ1) is 14.2. The molecule has 96 valence electrons. The van der Waals surface area contributed by atoms with E-state index in [2.05, 4.69) is 6.92 Å². The highest BCUT2D eigenvalue weighted by Crippen LogP contribution is 2.10. The van der Waals surface area contributed by atoms with Gasteiger partial charge in [-0.1, -0.05) is 50.1 Å². The Labute approximate surface area is 107 Å². The topological polar surface area (TPSA) is 54.4 Å². The largest absolute Gasteiger partial charge is 0.475 e. The third kappa shape index (κ3) is 4.95. The fraction of sp³-hybridized carbons (Fsp3) is 0.333. The predicted octanol–water partition coefficient (Wildman–Crippen LogP) is 3.09. The monoisotopic (exact) mass is 246 g/mol. The molecule has 1 rings (SSSR count). The van der Waals surface area contributed by atoms with Crippen molar-refractivity contribution in [2.45, 2.75) is 32.6 Å². The first-order valence-electron chi connectivity index (χ1n) is 6.17. The van der Waals surface area contributed by atoms with Crippen molar-refractivity contribution in [1.82, 2.24) is 0 Å². The number of unbranched alkanes of at least 4 members (excludes halogenated alkanes) is 2. The van der Waals surface area contributed by atoms with E-state index in [4.69, 9.17) is 5.11 Å². The summed E-state index contributed by atoms with van der Waals surface area (Å²) in [6, 6.07) is 7.82. The molecule has 3 nitrogen and oxygen atoms in total. The minimum atomic E-state index is -1.43. The molecule has 0 saturated heterocycles. The number of carboxylic acids is 1. The van der Waals surface area contributed by atoms with E-state index in [9.17, 15) is 9.59 Å². The van der Waals surface area contributed by atoms with Gasteiger partial charge in [-0.25, -0.2) is 4.79 Å². The molecule has 0 radical (unpaired) electrons. The Morgan fingerprint density at radius 2 is 1.83 bits per heavy atom. The van der Waals surface area contributed by atoms with Crippen LogP contribution in [0, 0.1) is 0 Å². The summed E-state index contributed by atoms with van der Waals surface area (Å²) in [5.41, 5.74) is 2.11. The molecule has 0 spiro atoms. The Hall–Kier alpha value is -1.90. The third-order valence-electron chi connectivity index (χ3n) is 2.69. The van der Waals surface area contributed by atoms with Gasteiger partial charge in [0.25, 0.3) is 5.78 Å². The Bertz CT molecular complexity index is 430. The number of carbonyl (C=O) groups excluding carboxylic acids is 1. The van der Waals surface area contributed by atoms with E-state index >= 15 is 0 Å². The lowest BCUT2D eigenvalue weighted by Gasteiger charge is -2.01. The maximum Gasteiger partial charge on any atom is 0.376 e. The molecule has 0 unspecified atom stereocenters. The molecule has 0 bridgehead atoms. The predicted molar refractivity (Wildman–Crippen MR) is 71.3 cm³/mol. The number of ketones is 1. The van der Waals surface area contributed by atoms with Crippen LogP contribution in [0.4, 0.5) is 0 Å². The molecule has 18 heavy (non-hydrogen) atoms. The van der Waals surface area contributed by atoms with Crippen LogP contribution >= 0.6 is 0 Å². The minimum absolute atomic E-state index is 0.837. The van der Waals surface area contributed by atoms with Gasteiger partial charge in [-0.05, 0) is 30.0 Å². The Morgan fingerprint density at radius 1 is 1.17 bits per heavy atom. The second kappa shape index (κ2) is 7.43. The molecule has 3 heteroatoms. The fourth-order valence-electron chi connectivity index (χ4n) is 1.62. The van der Waals surface area contributed by atoms with Gasteiger partial charge >= 0.3 is 5.97 Å². The van der Waals surface area contributed by atoms with E-state index in [1.54, 1.807) is 0 Å². The van der Waals surface area contributed by atoms with Gasteiger partial charge in [-0.2, -0.15) is 0 Å².